The Morgan fingerprint density at radius 1 is 1.46 bits per heavy atom. The summed E-state index contributed by atoms with van der Waals surface area (Å²) in [5, 5.41) is 12.7. The third kappa shape index (κ3) is 3.27. The first-order chi connectivity index (χ1) is 11.5. The number of aliphatic hydroxyl groups excluding tert-OH is 1. The molecule has 1 amide bonds. The molecule has 2 aromatic heterocycles. The highest BCUT2D eigenvalue weighted by atomic mass is 32.1. The van der Waals surface area contributed by atoms with Crippen molar-refractivity contribution in [2.75, 3.05) is 6.61 Å². The van der Waals surface area contributed by atoms with Gasteiger partial charge in [-0.15, -0.1) is 11.3 Å². The lowest BCUT2D eigenvalue weighted by Crippen LogP contribution is -2.34. The van der Waals surface area contributed by atoms with Gasteiger partial charge < -0.3 is 10.4 Å². The van der Waals surface area contributed by atoms with Crippen LogP contribution >= 0.6 is 11.3 Å². The van der Waals surface area contributed by atoms with Gasteiger partial charge in [-0.05, 0) is 25.8 Å². The van der Waals surface area contributed by atoms with Crippen LogP contribution in [0.4, 0.5) is 0 Å². The van der Waals surface area contributed by atoms with E-state index in [9.17, 15) is 9.59 Å². The number of carbonyl (C=O) groups excluding carboxylic acids is 1. The molecule has 128 valence electrons. The third-order valence-corrected chi connectivity index (χ3v) is 5.60. The Hall–Kier alpha value is -1.99. The van der Waals surface area contributed by atoms with Crippen molar-refractivity contribution >= 4 is 27.5 Å². The van der Waals surface area contributed by atoms with E-state index in [0.717, 1.165) is 21.7 Å². The van der Waals surface area contributed by atoms with Crippen molar-refractivity contribution in [1.82, 2.24) is 14.9 Å². The highest BCUT2D eigenvalue weighted by molar-refractivity contribution is 7.18. The van der Waals surface area contributed by atoms with Crippen molar-refractivity contribution in [2.24, 2.45) is 5.92 Å². The normalized spacial score (nSPS) is 20.0. The first-order valence-electron chi connectivity index (χ1n) is 8.03. The van der Waals surface area contributed by atoms with E-state index in [1.165, 1.54) is 22.2 Å². The Morgan fingerprint density at radius 3 is 2.96 bits per heavy atom. The maximum absolute atomic E-state index is 12.6. The predicted octanol–water partition coefficient (Wildman–Crippen LogP) is 1.52. The van der Waals surface area contributed by atoms with Crippen LogP contribution in [-0.4, -0.2) is 33.2 Å². The number of hydrogen-bond donors (Lipinski definition) is 2. The maximum Gasteiger partial charge on any atom is 0.262 e. The largest absolute Gasteiger partial charge is 0.396 e. The minimum atomic E-state index is -0.103. The number of aliphatic hydroxyl groups is 1. The van der Waals surface area contributed by atoms with Gasteiger partial charge in [0.05, 0.1) is 11.7 Å². The topological polar surface area (TPSA) is 84.2 Å². The number of amides is 1. The molecule has 2 atom stereocenters. The lowest BCUT2D eigenvalue weighted by atomic mass is 10.1. The van der Waals surface area contributed by atoms with E-state index in [-0.39, 0.29) is 36.5 Å². The minimum absolute atomic E-state index is 0.0336. The molecule has 0 bridgehead atoms. The Labute approximate surface area is 143 Å². The minimum Gasteiger partial charge on any atom is -0.396 e. The number of nitrogens with one attached hydrogen (secondary N) is 1. The molecule has 1 aliphatic carbocycles. The molecule has 0 aromatic carbocycles. The molecule has 24 heavy (non-hydrogen) atoms. The van der Waals surface area contributed by atoms with Gasteiger partial charge in [0.15, 0.2) is 0 Å². The second kappa shape index (κ2) is 6.86. The average molecular weight is 347 g/mol. The molecule has 0 radical (unpaired) electrons. The second-order valence-electron chi connectivity index (χ2n) is 6.19. The summed E-state index contributed by atoms with van der Waals surface area (Å²) in [6, 6.07) is -0.0336. The van der Waals surface area contributed by atoms with Gasteiger partial charge in [-0.2, -0.15) is 0 Å². The smallest absolute Gasteiger partial charge is 0.262 e. The summed E-state index contributed by atoms with van der Waals surface area (Å²) in [6.07, 6.45) is 6.31. The Morgan fingerprint density at radius 2 is 2.25 bits per heavy atom. The fourth-order valence-corrected chi connectivity index (χ4v) is 3.93. The number of thiophene rings is 1. The third-order valence-electron chi connectivity index (χ3n) is 4.49. The summed E-state index contributed by atoms with van der Waals surface area (Å²) in [4.78, 5) is 30.8. The summed E-state index contributed by atoms with van der Waals surface area (Å²) in [5.74, 6) is 0.0165. The molecule has 0 unspecified atom stereocenters. The van der Waals surface area contributed by atoms with Crippen molar-refractivity contribution in [3.8, 4) is 0 Å². The fraction of sp³-hybridized carbons (Fsp3) is 0.471. The van der Waals surface area contributed by atoms with Crippen molar-refractivity contribution in [2.45, 2.75) is 39.3 Å². The van der Waals surface area contributed by atoms with Crippen molar-refractivity contribution in [3.63, 3.8) is 0 Å². The van der Waals surface area contributed by atoms with Crippen LogP contribution in [0.2, 0.25) is 0 Å². The van der Waals surface area contributed by atoms with Crippen molar-refractivity contribution < 1.29 is 9.90 Å². The molecule has 0 aliphatic heterocycles. The number of aromatic nitrogens is 2. The summed E-state index contributed by atoms with van der Waals surface area (Å²) >= 11 is 1.52. The molecule has 2 aromatic rings. The van der Waals surface area contributed by atoms with Crippen LogP contribution in [0.1, 0.15) is 23.3 Å². The molecule has 7 heteroatoms. The highest BCUT2D eigenvalue weighted by Crippen LogP contribution is 2.25. The highest BCUT2D eigenvalue weighted by Gasteiger charge is 2.19. The van der Waals surface area contributed by atoms with Crippen LogP contribution in [0.25, 0.3) is 10.2 Å². The van der Waals surface area contributed by atoms with Gasteiger partial charge in [0, 0.05) is 36.4 Å². The molecule has 2 N–H and O–H groups in total. The maximum atomic E-state index is 12.6. The van der Waals surface area contributed by atoms with E-state index >= 15 is 0 Å². The van der Waals surface area contributed by atoms with Crippen LogP contribution in [0.15, 0.2) is 23.3 Å². The molecule has 0 saturated carbocycles. The summed E-state index contributed by atoms with van der Waals surface area (Å²) in [5.41, 5.74) is 0.883. The Balaban J connectivity index is 1.64. The second-order valence-corrected chi connectivity index (χ2v) is 7.40. The van der Waals surface area contributed by atoms with Crippen LogP contribution in [-0.2, 0) is 11.3 Å². The zero-order valence-corrected chi connectivity index (χ0v) is 14.6. The molecule has 0 spiro atoms. The van der Waals surface area contributed by atoms with E-state index in [0.29, 0.717) is 11.9 Å². The van der Waals surface area contributed by atoms with E-state index in [2.05, 4.69) is 10.3 Å². The Bertz CT molecular complexity index is 853. The quantitative estimate of drug-likeness (QED) is 0.803. The van der Waals surface area contributed by atoms with Crippen LogP contribution < -0.4 is 10.9 Å². The van der Waals surface area contributed by atoms with E-state index in [1.807, 2.05) is 26.0 Å². The van der Waals surface area contributed by atoms with E-state index in [4.69, 9.17) is 5.11 Å². The van der Waals surface area contributed by atoms with Crippen LogP contribution in [0.5, 0.6) is 0 Å². The fourth-order valence-electron chi connectivity index (χ4n) is 2.95. The van der Waals surface area contributed by atoms with Crippen molar-refractivity contribution in [3.05, 3.63) is 39.3 Å². The van der Waals surface area contributed by atoms with Gasteiger partial charge in [0.25, 0.3) is 5.56 Å². The first-order valence-corrected chi connectivity index (χ1v) is 8.85. The van der Waals surface area contributed by atoms with E-state index in [1.54, 1.807) is 0 Å². The van der Waals surface area contributed by atoms with Gasteiger partial charge in [0.2, 0.25) is 5.91 Å². The standard InChI is InChI=1S/C17H21N3O3S/c1-10-11(2)24-16-15(10)17(23)20(9-18-16)6-5-14(22)19-13-4-3-12(7-13)8-21/h3-4,9,12-13,21H,5-8H2,1-2H3,(H,19,22)/t12-,13+/m0/s1. The van der Waals surface area contributed by atoms with Gasteiger partial charge in [-0.3, -0.25) is 14.2 Å². The monoisotopic (exact) mass is 347 g/mol. The number of fused-ring (bicyclic) bond motifs is 1. The summed E-state index contributed by atoms with van der Waals surface area (Å²) < 4.78 is 1.50. The lowest BCUT2D eigenvalue weighted by Gasteiger charge is -2.13. The Kier molecular flexibility index (Phi) is 4.82. The average Bonchev–Trinajstić information content (AvgIpc) is 3.12. The molecule has 6 nitrogen and oxygen atoms in total. The number of rotatable bonds is 5. The summed E-state index contributed by atoms with van der Waals surface area (Å²) in [7, 11) is 0. The van der Waals surface area contributed by atoms with Gasteiger partial charge in [0.1, 0.15) is 4.83 Å². The zero-order chi connectivity index (χ0) is 17.3. The number of nitrogens with zero attached hydrogens (tertiary/aromatic N) is 2. The molecular weight excluding hydrogens is 326 g/mol. The number of aryl methyl sites for hydroxylation is 3. The molecular formula is C17H21N3O3S. The number of carbonyl (C=O) groups is 1. The van der Waals surface area contributed by atoms with E-state index < -0.39 is 0 Å². The number of hydrogen-bond acceptors (Lipinski definition) is 5. The van der Waals surface area contributed by atoms with Gasteiger partial charge >= 0.3 is 0 Å². The van der Waals surface area contributed by atoms with Crippen molar-refractivity contribution in [1.29, 1.82) is 0 Å². The molecule has 0 saturated heterocycles. The van der Waals surface area contributed by atoms with Crippen LogP contribution in [0.3, 0.4) is 0 Å². The van der Waals surface area contributed by atoms with Gasteiger partial charge in [-0.1, -0.05) is 12.2 Å². The molecule has 0 fully saturated rings. The molecule has 1 aliphatic rings. The van der Waals surface area contributed by atoms with Gasteiger partial charge in [-0.25, -0.2) is 4.98 Å². The predicted molar refractivity (Wildman–Crippen MR) is 94.2 cm³/mol. The zero-order valence-electron chi connectivity index (χ0n) is 13.8. The lowest BCUT2D eigenvalue weighted by molar-refractivity contribution is -0.121. The van der Waals surface area contributed by atoms with Crippen LogP contribution in [0, 0.1) is 19.8 Å². The summed E-state index contributed by atoms with van der Waals surface area (Å²) in [6.45, 7) is 4.32. The molecule has 3 rings (SSSR count). The molecule has 2 heterocycles. The first kappa shape index (κ1) is 16.9. The SMILES string of the molecule is Cc1sc2ncn(CCC(=O)N[C@@H]3C=C[C@H](CO)C3)c(=O)c2c1C.